The number of nitrogens with two attached hydrogens (primary N) is 1. The van der Waals surface area contributed by atoms with Gasteiger partial charge in [0.2, 0.25) is 5.91 Å². The number of rotatable bonds is 8. The first-order valence-corrected chi connectivity index (χ1v) is 6.86. The highest BCUT2D eigenvalue weighted by Gasteiger charge is 2.11. The topological polar surface area (TPSA) is 73.6 Å². The van der Waals surface area contributed by atoms with Crippen LogP contribution in [0, 0.1) is 0 Å². The van der Waals surface area contributed by atoms with E-state index in [1.807, 2.05) is 19.1 Å². The largest absolute Gasteiger partial charge is 0.493 e. The molecule has 0 aliphatic rings. The third kappa shape index (κ3) is 5.08. The van der Waals surface area contributed by atoms with Gasteiger partial charge in [-0.1, -0.05) is 0 Å². The van der Waals surface area contributed by atoms with E-state index in [4.69, 9.17) is 15.2 Å². The van der Waals surface area contributed by atoms with Gasteiger partial charge in [0.15, 0.2) is 11.5 Å². The second-order valence-electron chi connectivity index (χ2n) is 3.94. The van der Waals surface area contributed by atoms with Crippen LogP contribution in [0.15, 0.2) is 16.6 Å². The first kappa shape index (κ1) is 15.8. The zero-order valence-corrected chi connectivity index (χ0v) is 12.7. The molecule has 6 heteroatoms. The molecule has 0 saturated heterocycles. The van der Waals surface area contributed by atoms with E-state index in [-0.39, 0.29) is 5.91 Å². The Labute approximate surface area is 121 Å². The number of primary amides is 1. The van der Waals surface area contributed by atoms with E-state index >= 15 is 0 Å². The summed E-state index contributed by atoms with van der Waals surface area (Å²) in [7, 11) is 1.61. The lowest BCUT2D eigenvalue weighted by Gasteiger charge is -2.13. The van der Waals surface area contributed by atoms with Crippen molar-refractivity contribution < 1.29 is 14.3 Å². The van der Waals surface area contributed by atoms with Crippen LogP contribution in [0.25, 0.3) is 0 Å². The molecule has 19 heavy (non-hydrogen) atoms. The SMILES string of the molecule is CCOc1c(Br)cc(CNCCC(N)=O)cc1OC. The number of hydrogen-bond acceptors (Lipinski definition) is 4. The standard InChI is InChI=1S/C13H19BrN2O3/c1-3-19-13-10(14)6-9(7-11(13)18-2)8-16-5-4-12(15)17/h6-7,16H,3-5,8H2,1-2H3,(H2,15,17). The number of ether oxygens (including phenoxy) is 2. The molecular weight excluding hydrogens is 312 g/mol. The zero-order chi connectivity index (χ0) is 14.3. The van der Waals surface area contributed by atoms with Crippen molar-refractivity contribution >= 4 is 21.8 Å². The molecule has 0 aliphatic carbocycles. The van der Waals surface area contributed by atoms with Gasteiger partial charge in [0.25, 0.3) is 0 Å². The average molecular weight is 331 g/mol. The van der Waals surface area contributed by atoms with Gasteiger partial charge in [-0.2, -0.15) is 0 Å². The molecule has 1 amide bonds. The molecule has 0 unspecified atom stereocenters. The van der Waals surface area contributed by atoms with E-state index in [9.17, 15) is 4.79 Å². The smallest absolute Gasteiger partial charge is 0.218 e. The third-order valence-electron chi connectivity index (χ3n) is 2.46. The third-order valence-corrected chi connectivity index (χ3v) is 3.04. The minimum atomic E-state index is -0.307. The Morgan fingerprint density at radius 2 is 2.21 bits per heavy atom. The molecule has 0 bridgehead atoms. The molecule has 1 aromatic carbocycles. The summed E-state index contributed by atoms with van der Waals surface area (Å²) in [5, 5.41) is 3.14. The summed E-state index contributed by atoms with van der Waals surface area (Å²) < 4.78 is 11.7. The Balaban J connectivity index is 2.69. The van der Waals surface area contributed by atoms with E-state index in [0.29, 0.717) is 37.6 Å². The van der Waals surface area contributed by atoms with Gasteiger partial charge in [-0.25, -0.2) is 0 Å². The lowest BCUT2D eigenvalue weighted by Crippen LogP contribution is -2.21. The summed E-state index contributed by atoms with van der Waals surface area (Å²) in [6, 6.07) is 3.87. The van der Waals surface area contributed by atoms with Crippen LogP contribution in [0.3, 0.4) is 0 Å². The molecule has 0 radical (unpaired) electrons. The zero-order valence-electron chi connectivity index (χ0n) is 11.2. The van der Waals surface area contributed by atoms with Crippen LogP contribution in [0.2, 0.25) is 0 Å². The molecule has 0 aliphatic heterocycles. The second-order valence-corrected chi connectivity index (χ2v) is 4.79. The van der Waals surface area contributed by atoms with Crippen LogP contribution in [-0.4, -0.2) is 26.2 Å². The lowest BCUT2D eigenvalue weighted by atomic mass is 10.2. The maximum absolute atomic E-state index is 10.6. The van der Waals surface area contributed by atoms with Crippen molar-refractivity contribution in [3.63, 3.8) is 0 Å². The Morgan fingerprint density at radius 1 is 1.47 bits per heavy atom. The van der Waals surface area contributed by atoms with Gasteiger partial charge in [0.05, 0.1) is 18.2 Å². The number of carbonyl (C=O) groups excluding carboxylic acids is 1. The van der Waals surface area contributed by atoms with Gasteiger partial charge in [-0.15, -0.1) is 0 Å². The van der Waals surface area contributed by atoms with Crippen LogP contribution in [0.5, 0.6) is 11.5 Å². The molecule has 0 heterocycles. The number of methoxy groups -OCH3 is 1. The highest BCUT2D eigenvalue weighted by Crippen LogP contribution is 2.36. The van der Waals surface area contributed by atoms with Crippen molar-refractivity contribution in [1.29, 1.82) is 0 Å². The molecule has 0 atom stereocenters. The normalized spacial score (nSPS) is 10.3. The summed E-state index contributed by atoms with van der Waals surface area (Å²) >= 11 is 3.47. The Morgan fingerprint density at radius 3 is 2.79 bits per heavy atom. The summed E-state index contributed by atoms with van der Waals surface area (Å²) in [5.41, 5.74) is 6.11. The molecule has 0 spiro atoms. The van der Waals surface area contributed by atoms with Crippen LogP contribution in [0.1, 0.15) is 18.9 Å². The van der Waals surface area contributed by atoms with Crippen molar-refractivity contribution in [2.24, 2.45) is 5.73 Å². The first-order valence-electron chi connectivity index (χ1n) is 6.06. The maximum atomic E-state index is 10.6. The number of hydrogen-bond donors (Lipinski definition) is 2. The predicted octanol–water partition coefficient (Wildman–Crippen LogP) is 1.82. The number of benzene rings is 1. The molecule has 5 nitrogen and oxygen atoms in total. The fraction of sp³-hybridized carbons (Fsp3) is 0.462. The minimum Gasteiger partial charge on any atom is -0.493 e. The average Bonchev–Trinajstić information content (AvgIpc) is 2.37. The summed E-state index contributed by atoms with van der Waals surface area (Å²) in [6.07, 6.45) is 0.329. The van der Waals surface area contributed by atoms with Crippen molar-refractivity contribution in [3.05, 3.63) is 22.2 Å². The quantitative estimate of drug-likeness (QED) is 0.713. The lowest BCUT2D eigenvalue weighted by molar-refractivity contribution is -0.117. The summed E-state index contributed by atoms with van der Waals surface area (Å²) in [4.78, 5) is 10.6. The van der Waals surface area contributed by atoms with Crippen molar-refractivity contribution in [3.8, 4) is 11.5 Å². The molecular formula is C13H19BrN2O3. The monoisotopic (exact) mass is 330 g/mol. The Hall–Kier alpha value is -1.27. The second kappa shape index (κ2) is 8.01. The van der Waals surface area contributed by atoms with E-state index in [0.717, 1.165) is 10.0 Å². The van der Waals surface area contributed by atoms with Crippen molar-refractivity contribution in [2.75, 3.05) is 20.3 Å². The number of amides is 1. The van der Waals surface area contributed by atoms with Gasteiger partial charge in [-0.05, 0) is 40.5 Å². The van der Waals surface area contributed by atoms with Crippen LogP contribution in [-0.2, 0) is 11.3 Å². The highest BCUT2D eigenvalue weighted by molar-refractivity contribution is 9.10. The maximum Gasteiger partial charge on any atom is 0.218 e. The van der Waals surface area contributed by atoms with Gasteiger partial charge < -0.3 is 20.5 Å². The number of nitrogens with one attached hydrogen (secondary N) is 1. The van der Waals surface area contributed by atoms with E-state index < -0.39 is 0 Å². The van der Waals surface area contributed by atoms with Crippen LogP contribution >= 0.6 is 15.9 Å². The number of carbonyl (C=O) groups is 1. The highest BCUT2D eigenvalue weighted by atomic mass is 79.9. The van der Waals surface area contributed by atoms with Crippen molar-refractivity contribution in [1.82, 2.24) is 5.32 Å². The molecule has 0 aromatic heterocycles. The fourth-order valence-corrected chi connectivity index (χ4v) is 2.21. The van der Waals surface area contributed by atoms with Crippen molar-refractivity contribution in [2.45, 2.75) is 19.9 Å². The Kier molecular flexibility index (Phi) is 6.66. The number of halogens is 1. The van der Waals surface area contributed by atoms with Crippen LogP contribution in [0.4, 0.5) is 0 Å². The summed E-state index contributed by atoms with van der Waals surface area (Å²) in [5.74, 6) is 1.08. The summed E-state index contributed by atoms with van der Waals surface area (Å²) in [6.45, 7) is 3.69. The van der Waals surface area contributed by atoms with E-state index in [1.165, 1.54) is 0 Å². The Bertz CT molecular complexity index is 438. The van der Waals surface area contributed by atoms with Gasteiger partial charge >= 0.3 is 0 Å². The molecule has 106 valence electrons. The molecule has 1 rings (SSSR count). The van der Waals surface area contributed by atoms with E-state index in [1.54, 1.807) is 7.11 Å². The molecule has 1 aromatic rings. The van der Waals surface area contributed by atoms with Gasteiger partial charge in [-0.3, -0.25) is 4.79 Å². The molecule has 3 N–H and O–H groups in total. The van der Waals surface area contributed by atoms with E-state index in [2.05, 4.69) is 21.2 Å². The van der Waals surface area contributed by atoms with Gasteiger partial charge in [0, 0.05) is 19.5 Å². The molecule has 0 saturated carbocycles. The molecule has 0 fully saturated rings. The predicted molar refractivity (Wildman–Crippen MR) is 77.4 cm³/mol. The fourth-order valence-electron chi connectivity index (χ4n) is 1.60. The first-order chi connectivity index (χ1) is 9.08. The minimum absolute atomic E-state index is 0.307. The van der Waals surface area contributed by atoms with Crippen LogP contribution < -0.4 is 20.5 Å². The van der Waals surface area contributed by atoms with Gasteiger partial charge in [0.1, 0.15) is 0 Å².